The lowest BCUT2D eigenvalue weighted by molar-refractivity contribution is 0.0609. The minimum absolute atomic E-state index is 0.00446. The summed E-state index contributed by atoms with van der Waals surface area (Å²) in [7, 11) is 0. The molecule has 0 radical (unpaired) electrons. The minimum Gasteiger partial charge on any atom is -0.390 e. The molecule has 0 bridgehead atoms. The van der Waals surface area contributed by atoms with Crippen LogP contribution in [0.1, 0.15) is 41.0 Å². The molecule has 0 aliphatic carbocycles. The van der Waals surface area contributed by atoms with Crippen molar-refractivity contribution < 1.29 is 9.90 Å². The molecule has 1 saturated heterocycles. The highest BCUT2D eigenvalue weighted by molar-refractivity contribution is 5.94. The number of hydrogen-bond donors (Lipinski definition) is 1. The van der Waals surface area contributed by atoms with Crippen molar-refractivity contribution in [1.82, 2.24) is 24.6 Å². The van der Waals surface area contributed by atoms with Crippen molar-refractivity contribution in [3.05, 3.63) is 47.5 Å². The van der Waals surface area contributed by atoms with E-state index in [4.69, 9.17) is 0 Å². The van der Waals surface area contributed by atoms with Gasteiger partial charge in [-0.15, -0.1) is 0 Å². The van der Waals surface area contributed by atoms with E-state index in [0.29, 0.717) is 11.6 Å². The molecule has 26 heavy (non-hydrogen) atoms. The Labute approximate surface area is 153 Å². The maximum atomic E-state index is 12.6. The second-order valence-electron chi connectivity index (χ2n) is 7.09. The van der Waals surface area contributed by atoms with Gasteiger partial charge in [-0.2, -0.15) is 5.10 Å². The Morgan fingerprint density at radius 3 is 2.65 bits per heavy atom. The van der Waals surface area contributed by atoms with Crippen molar-refractivity contribution in [1.29, 1.82) is 0 Å². The summed E-state index contributed by atoms with van der Waals surface area (Å²) in [6.07, 6.45) is 6.40. The number of hydrogen-bond acceptors (Lipinski definition) is 5. The molecule has 1 fully saturated rings. The maximum Gasteiger partial charge on any atom is 0.253 e. The molecule has 0 saturated carbocycles. The average molecular weight is 355 g/mol. The van der Waals surface area contributed by atoms with Crippen LogP contribution in [0.4, 0.5) is 0 Å². The van der Waals surface area contributed by atoms with Gasteiger partial charge in [-0.3, -0.25) is 19.4 Å². The Balaban J connectivity index is 1.38. The summed E-state index contributed by atoms with van der Waals surface area (Å²) >= 11 is 0. The molecule has 1 amide bonds. The van der Waals surface area contributed by atoms with Gasteiger partial charge in [0.2, 0.25) is 0 Å². The number of nitrogens with zero attached hydrogens (tertiary/aromatic N) is 5. The van der Waals surface area contributed by atoms with Crippen molar-refractivity contribution in [3.63, 3.8) is 0 Å². The van der Waals surface area contributed by atoms with Crippen LogP contribution in [0.25, 0.3) is 0 Å². The van der Waals surface area contributed by atoms with Crippen molar-refractivity contribution in [3.8, 4) is 0 Å². The molecule has 2 aliphatic rings. The molecule has 138 valence electrons. The molecule has 2 aromatic heterocycles. The van der Waals surface area contributed by atoms with E-state index in [1.54, 1.807) is 24.5 Å². The average Bonchev–Trinajstić information content (AvgIpc) is 2.99. The first-order valence-corrected chi connectivity index (χ1v) is 9.34. The molecule has 7 heteroatoms. The zero-order valence-electron chi connectivity index (χ0n) is 14.9. The van der Waals surface area contributed by atoms with E-state index in [1.165, 1.54) is 5.69 Å². The van der Waals surface area contributed by atoms with Gasteiger partial charge in [-0.1, -0.05) is 0 Å². The number of aryl methyl sites for hydroxylation is 1. The molecular weight excluding hydrogens is 330 g/mol. The second kappa shape index (κ2) is 7.55. The topological polar surface area (TPSA) is 74.5 Å². The Bertz CT molecular complexity index is 753. The van der Waals surface area contributed by atoms with Crippen LogP contribution >= 0.6 is 0 Å². The van der Waals surface area contributed by atoms with Gasteiger partial charge >= 0.3 is 0 Å². The van der Waals surface area contributed by atoms with E-state index >= 15 is 0 Å². The van der Waals surface area contributed by atoms with E-state index in [-0.39, 0.29) is 12.5 Å². The normalized spacial score (nSPS) is 19.2. The second-order valence-corrected chi connectivity index (χ2v) is 7.09. The van der Waals surface area contributed by atoms with Crippen LogP contribution in [-0.2, 0) is 19.7 Å². The van der Waals surface area contributed by atoms with Crippen LogP contribution in [0.5, 0.6) is 0 Å². The lowest BCUT2D eigenvalue weighted by Gasteiger charge is -2.38. The predicted molar refractivity (Wildman–Crippen MR) is 96.3 cm³/mol. The molecule has 7 nitrogen and oxygen atoms in total. The fourth-order valence-electron chi connectivity index (χ4n) is 4.05. The monoisotopic (exact) mass is 355 g/mol. The fourth-order valence-corrected chi connectivity index (χ4v) is 4.05. The maximum absolute atomic E-state index is 12.6. The highest BCUT2D eigenvalue weighted by atomic mass is 16.3. The number of piperidine rings is 1. The van der Waals surface area contributed by atoms with E-state index in [9.17, 15) is 9.90 Å². The summed E-state index contributed by atoms with van der Waals surface area (Å²) in [6.45, 7) is 4.42. The third-order valence-corrected chi connectivity index (χ3v) is 5.45. The van der Waals surface area contributed by atoms with Gasteiger partial charge in [-0.05, 0) is 37.5 Å². The Morgan fingerprint density at radius 2 is 1.92 bits per heavy atom. The minimum atomic E-state index is -0.00446. The third-order valence-electron chi connectivity index (χ3n) is 5.45. The number of carbonyl (C=O) groups excluding carboxylic acids is 1. The van der Waals surface area contributed by atoms with Crippen LogP contribution in [0.2, 0.25) is 0 Å². The fraction of sp³-hybridized carbons (Fsp3) is 0.526. The summed E-state index contributed by atoms with van der Waals surface area (Å²) in [4.78, 5) is 21.0. The van der Waals surface area contributed by atoms with Gasteiger partial charge in [0.05, 0.1) is 18.0 Å². The van der Waals surface area contributed by atoms with Crippen molar-refractivity contribution in [2.24, 2.45) is 0 Å². The van der Waals surface area contributed by atoms with Gasteiger partial charge < -0.3 is 10.0 Å². The smallest absolute Gasteiger partial charge is 0.253 e. The standard InChI is InChI=1S/C19H25N5O2/c25-14-16-12-18-13-23(8-1-9-24(18)21-16)17-4-10-22(11-5-17)19(26)15-2-6-20-7-3-15/h2-3,6-7,12,17,25H,1,4-5,8-11,13-14H2. The van der Waals surface area contributed by atoms with E-state index in [1.807, 2.05) is 15.6 Å². The third kappa shape index (κ3) is 3.50. The van der Waals surface area contributed by atoms with E-state index < -0.39 is 0 Å². The van der Waals surface area contributed by atoms with Crippen molar-refractivity contribution in [2.75, 3.05) is 19.6 Å². The van der Waals surface area contributed by atoms with E-state index in [0.717, 1.165) is 57.7 Å². The quantitative estimate of drug-likeness (QED) is 0.898. The number of aliphatic hydroxyl groups excluding tert-OH is 1. The molecular formula is C19H25N5O2. The molecule has 0 aromatic carbocycles. The zero-order valence-corrected chi connectivity index (χ0v) is 14.9. The molecule has 0 atom stereocenters. The van der Waals surface area contributed by atoms with Crippen LogP contribution in [0.15, 0.2) is 30.6 Å². The van der Waals surface area contributed by atoms with E-state index in [2.05, 4.69) is 15.0 Å². The summed E-state index contributed by atoms with van der Waals surface area (Å²) in [6, 6.07) is 6.07. The molecule has 2 aromatic rings. The first-order valence-electron chi connectivity index (χ1n) is 9.34. The lowest BCUT2D eigenvalue weighted by atomic mass is 10.0. The molecule has 4 rings (SSSR count). The van der Waals surface area contributed by atoms with Gasteiger partial charge in [0, 0.05) is 56.7 Å². The number of aromatic nitrogens is 3. The SMILES string of the molecule is O=C(c1ccncc1)N1CCC(N2CCCn3nc(CO)cc3C2)CC1. The van der Waals surface area contributed by atoms with Gasteiger partial charge in [0.1, 0.15) is 0 Å². The molecule has 4 heterocycles. The summed E-state index contributed by atoms with van der Waals surface area (Å²) in [5.74, 6) is 0.104. The van der Waals surface area contributed by atoms with Crippen molar-refractivity contribution in [2.45, 2.75) is 45.0 Å². The van der Waals surface area contributed by atoms with Crippen LogP contribution < -0.4 is 0 Å². The number of rotatable bonds is 3. The number of likely N-dealkylation sites (tertiary alicyclic amines) is 1. The molecule has 2 aliphatic heterocycles. The number of pyridine rings is 1. The van der Waals surface area contributed by atoms with Crippen LogP contribution in [0.3, 0.4) is 0 Å². The number of carbonyl (C=O) groups is 1. The Kier molecular flexibility index (Phi) is 4.99. The summed E-state index contributed by atoms with van der Waals surface area (Å²) in [5, 5.41) is 13.8. The highest BCUT2D eigenvalue weighted by Crippen LogP contribution is 2.23. The van der Waals surface area contributed by atoms with Crippen molar-refractivity contribution >= 4 is 5.91 Å². The number of amides is 1. The number of fused-ring (bicyclic) bond motifs is 1. The van der Waals surface area contributed by atoms with Gasteiger partial charge in [0.15, 0.2) is 0 Å². The van der Waals surface area contributed by atoms with Crippen LogP contribution in [-0.4, -0.2) is 61.3 Å². The first-order chi connectivity index (χ1) is 12.7. The Hall–Kier alpha value is -2.25. The largest absolute Gasteiger partial charge is 0.390 e. The lowest BCUT2D eigenvalue weighted by Crippen LogP contribution is -2.46. The first kappa shape index (κ1) is 17.2. The molecule has 0 unspecified atom stereocenters. The Morgan fingerprint density at radius 1 is 1.15 bits per heavy atom. The molecule has 0 spiro atoms. The highest BCUT2D eigenvalue weighted by Gasteiger charge is 2.29. The summed E-state index contributed by atoms with van der Waals surface area (Å²) < 4.78 is 2.04. The van der Waals surface area contributed by atoms with Gasteiger partial charge in [0.25, 0.3) is 5.91 Å². The van der Waals surface area contributed by atoms with Crippen LogP contribution in [0, 0.1) is 0 Å². The predicted octanol–water partition coefficient (Wildman–Crippen LogP) is 1.28. The summed E-state index contributed by atoms with van der Waals surface area (Å²) in [5.41, 5.74) is 2.65. The molecule has 1 N–H and O–H groups in total. The number of aliphatic hydroxyl groups is 1. The van der Waals surface area contributed by atoms with Gasteiger partial charge in [-0.25, -0.2) is 0 Å². The zero-order chi connectivity index (χ0) is 17.9.